The molecule has 0 saturated carbocycles. The molecule has 1 saturated heterocycles. The Bertz CT molecular complexity index is 620. The first-order valence-corrected chi connectivity index (χ1v) is 8.06. The highest BCUT2D eigenvalue weighted by Gasteiger charge is 2.35. The molecule has 112 valence electrons. The Balaban J connectivity index is 2.33. The topological polar surface area (TPSA) is 50.3 Å². The lowest BCUT2D eigenvalue weighted by Crippen LogP contribution is -2.40. The number of anilines is 1. The number of hydrogen-bond donors (Lipinski definition) is 0. The quantitative estimate of drug-likeness (QED) is 0.732. The smallest absolute Gasteiger partial charge is 0.353 e. The van der Waals surface area contributed by atoms with Crippen molar-refractivity contribution in [2.75, 3.05) is 29.5 Å². The van der Waals surface area contributed by atoms with E-state index in [0.717, 1.165) is 0 Å². The number of pyridine rings is 1. The van der Waals surface area contributed by atoms with Crippen LogP contribution in [0.5, 0.6) is 0 Å². The van der Waals surface area contributed by atoms with E-state index in [0.29, 0.717) is 6.07 Å². The molecule has 0 spiro atoms. The molecule has 0 atom stereocenters. The molecule has 4 nitrogen and oxygen atoms in total. The van der Waals surface area contributed by atoms with Gasteiger partial charge in [-0.1, -0.05) is 23.2 Å². The highest BCUT2D eigenvalue weighted by atomic mass is 35.5. The van der Waals surface area contributed by atoms with E-state index in [9.17, 15) is 21.6 Å². The second kappa shape index (κ2) is 5.23. The van der Waals surface area contributed by atoms with Gasteiger partial charge in [0.15, 0.2) is 9.84 Å². The zero-order valence-corrected chi connectivity index (χ0v) is 12.2. The second-order valence-corrected chi connectivity index (χ2v) is 7.34. The Morgan fingerprint density at radius 3 is 2.25 bits per heavy atom. The van der Waals surface area contributed by atoms with E-state index in [1.807, 2.05) is 0 Å². The summed E-state index contributed by atoms with van der Waals surface area (Å²) in [4.78, 5) is 5.16. The molecule has 0 unspecified atom stereocenters. The highest BCUT2D eigenvalue weighted by Crippen LogP contribution is 2.38. The van der Waals surface area contributed by atoms with E-state index in [1.165, 1.54) is 4.90 Å². The van der Waals surface area contributed by atoms with Gasteiger partial charge in [0.1, 0.15) is 11.0 Å². The molecule has 1 aliphatic heterocycles. The van der Waals surface area contributed by atoms with Crippen molar-refractivity contribution in [3.63, 3.8) is 0 Å². The Hall–Kier alpha value is -0.730. The van der Waals surface area contributed by atoms with Gasteiger partial charge in [0.25, 0.3) is 0 Å². The minimum Gasteiger partial charge on any atom is -0.353 e. The standard InChI is InChI=1S/C10H9Cl2F3N2O2S/c11-7-5-6(10(13,14)15)8(12)16-9(7)17-1-3-20(18,19)4-2-17/h5H,1-4H2. The molecule has 10 heteroatoms. The molecule has 20 heavy (non-hydrogen) atoms. The monoisotopic (exact) mass is 348 g/mol. The van der Waals surface area contributed by atoms with Crippen molar-refractivity contribution in [2.45, 2.75) is 6.18 Å². The number of hydrogen-bond acceptors (Lipinski definition) is 4. The summed E-state index contributed by atoms with van der Waals surface area (Å²) in [5, 5.41) is -0.911. The van der Waals surface area contributed by atoms with Crippen molar-refractivity contribution in [1.29, 1.82) is 0 Å². The van der Waals surface area contributed by atoms with Crippen LogP contribution in [0.1, 0.15) is 5.56 Å². The maximum absolute atomic E-state index is 12.6. The van der Waals surface area contributed by atoms with E-state index in [2.05, 4.69) is 4.98 Å². The number of aromatic nitrogens is 1. The van der Waals surface area contributed by atoms with Crippen molar-refractivity contribution in [3.05, 3.63) is 21.8 Å². The molecule has 1 aromatic rings. The van der Waals surface area contributed by atoms with Crippen molar-refractivity contribution < 1.29 is 21.6 Å². The number of nitrogens with zero attached hydrogens (tertiary/aromatic N) is 2. The van der Waals surface area contributed by atoms with Crippen LogP contribution >= 0.6 is 23.2 Å². The van der Waals surface area contributed by atoms with Gasteiger partial charge in [-0.3, -0.25) is 0 Å². The molecule has 1 aromatic heterocycles. The fourth-order valence-electron chi connectivity index (χ4n) is 1.80. The van der Waals surface area contributed by atoms with Gasteiger partial charge in [0, 0.05) is 13.1 Å². The predicted molar refractivity (Wildman–Crippen MR) is 70.1 cm³/mol. The first-order valence-electron chi connectivity index (χ1n) is 5.49. The molecule has 0 N–H and O–H groups in total. The van der Waals surface area contributed by atoms with E-state index in [4.69, 9.17) is 23.2 Å². The average Bonchev–Trinajstić information content (AvgIpc) is 2.30. The third kappa shape index (κ3) is 3.29. The zero-order chi connectivity index (χ0) is 15.1. The molecular formula is C10H9Cl2F3N2O2S. The molecule has 0 amide bonds. The normalized spacial score (nSPS) is 19.1. The molecule has 2 heterocycles. The minimum absolute atomic E-state index is 0.0690. The van der Waals surface area contributed by atoms with Gasteiger partial charge >= 0.3 is 6.18 Å². The minimum atomic E-state index is -4.64. The van der Waals surface area contributed by atoms with E-state index < -0.39 is 26.7 Å². The summed E-state index contributed by atoms with van der Waals surface area (Å²) in [6.07, 6.45) is -4.64. The molecule has 1 aliphatic rings. The van der Waals surface area contributed by atoms with Crippen LogP contribution < -0.4 is 4.90 Å². The summed E-state index contributed by atoms with van der Waals surface area (Å²) in [5.74, 6) is -0.118. The lowest BCUT2D eigenvalue weighted by Gasteiger charge is -2.28. The van der Waals surface area contributed by atoms with Crippen molar-refractivity contribution >= 4 is 38.9 Å². The Morgan fingerprint density at radius 1 is 1.20 bits per heavy atom. The molecule has 0 radical (unpaired) electrons. The molecule has 0 aromatic carbocycles. The van der Waals surface area contributed by atoms with Crippen LogP contribution in [0.4, 0.5) is 19.0 Å². The van der Waals surface area contributed by atoms with Gasteiger partial charge in [-0.2, -0.15) is 13.2 Å². The van der Waals surface area contributed by atoms with Crippen LogP contribution in [0.3, 0.4) is 0 Å². The summed E-state index contributed by atoms with van der Waals surface area (Å²) in [5.41, 5.74) is -1.11. The number of halogens is 5. The van der Waals surface area contributed by atoms with Crippen LogP contribution in [0.15, 0.2) is 6.07 Å². The third-order valence-electron chi connectivity index (χ3n) is 2.86. The fourth-order valence-corrected chi connectivity index (χ4v) is 3.52. The zero-order valence-electron chi connectivity index (χ0n) is 9.91. The molecule has 2 rings (SSSR count). The summed E-state index contributed by atoms with van der Waals surface area (Å²) in [6.45, 7) is 0.244. The summed E-state index contributed by atoms with van der Waals surface area (Å²) >= 11 is 11.3. The molecular weight excluding hydrogens is 340 g/mol. The van der Waals surface area contributed by atoms with Gasteiger partial charge < -0.3 is 4.90 Å². The second-order valence-electron chi connectivity index (χ2n) is 4.27. The molecule has 0 aliphatic carbocycles. The van der Waals surface area contributed by atoms with E-state index >= 15 is 0 Å². The van der Waals surface area contributed by atoms with E-state index in [1.54, 1.807) is 0 Å². The summed E-state index contributed by atoms with van der Waals surface area (Å²) in [6, 6.07) is 0.704. The van der Waals surface area contributed by atoms with Gasteiger partial charge in [-0.25, -0.2) is 13.4 Å². The van der Waals surface area contributed by atoms with Crippen LogP contribution in [0.2, 0.25) is 10.2 Å². The Morgan fingerprint density at radius 2 is 1.75 bits per heavy atom. The van der Waals surface area contributed by atoms with Crippen LogP contribution in [0, 0.1) is 0 Å². The largest absolute Gasteiger partial charge is 0.419 e. The summed E-state index contributed by atoms with van der Waals surface area (Å²) in [7, 11) is -3.10. The Kier molecular flexibility index (Phi) is 4.10. The molecule has 0 bridgehead atoms. The first-order chi connectivity index (χ1) is 9.10. The SMILES string of the molecule is O=S1(=O)CCN(c2nc(Cl)c(C(F)(F)F)cc2Cl)CC1. The van der Waals surface area contributed by atoms with Gasteiger partial charge in [0.2, 0.25) is 0 Å². The fraction of sp³-hybridized carbons (Fsp3) is 0.500. The highest BCUT2D eigenvalue weighted by molar-refractivity contribution is 7.91. The third-order valence-corrected chi connectivity index (χ3v) is 5.04. The Labute approximate surface area is 123 Å². The first kappa shape index (κ1) is 15.7. The van der Waals surface area contributed by atoms with Crippen LogP contribution in [0.25, 0.3) is 0 Å². The molecule has 1 fully saturated rings. The number of alkyl halides is 3. The maximum Gasteiger partial charge on any atom is 0.419 e. The van der Waals surface area contributed by atoms with Crippen LogP contribution in [-0.4, -0.2) is 38.0 Å². The lowest BCUT2D eigenvalue weighted by molar-refractivity contribution is -0.137. The van der Waals surface area contributed by atoms with E-state index in [-0.39, 0.29) is 35.4 Å². The average molecular weight is 349 g/mol. The van der Waals surface area contributed by atoms with Crippen LogP contribution in [-0.2, 0) is 16.0 Å². The van der Waals surface area contributed by atoms with Crippen molar-refractivity contribution in [2.24, 2.45) is 0 Å². The predicted octanol–water partition coefficient (Wildman–Crippen LogP) is 2.64. The number of sulfone groups is 1. The lowest BCUT2D eigenvalue weighted by atomic mass is 10.2. The van der Waals surface area contributed by atoms with Gasteiger partial charge in [-0.05, 0) is 6.07 Å². The van der Waals surface area contributed by atoms with Crippen molar-refractivity contribution in [1.82, 2.24) is 4.98 Å². The van der Waals surface area contributed by atoms with Gasteiger partial charge in [0.05, 0.1) is 22.1 Å². The van der Waals surface area contributed by atoms with Gasteiger partial charge in [-0.15, -0.1) is 0 Å². The maximum atomic E-state index is 12.6. The summed E-state index contributed by atoms with van der Waals surface area (Å²) < 4.78 is 60.5. The van der Waals surface area contributed by atoms with Crippen molar-refractivity contribution in [3.8, 4) is 0 Å². The number of rotatable bonds is 1.